The van der Waals surface area contributed by atoms with Crippen LogP contribution in [0.25, 0.3) is 0 Å². The van der Waals surface area contributed by atoms with Crippen molar-refractivity contribution in [3.05, 3.63) is 23.8 Å². The Morgan fingerprint density at radius 3 is 2.38 bits per heavy atom. The summed E-state index contributed by atoms with van der Waals surface area (Å²) in [5.41, 5.74) is 1.31. The number of benzene rings is 1. The summed E-state index contributed by atoms with van der Waals surface area (Å²) in [7, 11) is 3.39. The molecule has 1 aromatic rings. The van der Waals surface area contributed by atoms with Crippen molar-refractivity contribution in [2.45, 2.75) is 38.3 Å². The highest BCUT2D eigenvalue weighted by atomic mass is 16.5. The van der Waals surface area contributed by atoms with Crippen LogP contribution in [-0.4, -0.2) is 56.2 Å². The van der Waals surface area contributed by atoms with E-state index >= 15 is 0 Å². The predicted molar refractivity (Wildman–Crippen MR) is 95.6 cm³/mol. The first-order valence-electron chi connectivity index (χ1n) is 9.44. The quantitative estimate of drug-likeness (QED) is 0.828. The van der Waals surface area contributed by atoms with Crippen molar-refractivity contribution in [2.75, 3.05) is 40.4 Å². The SMILES string of the molecule is COc1ccc(CN2CCN([C@H]3C[C@H]4CC[C@H]3C4)CC2)cc1OC. The Labute approximate surface area is 145 Å². The molecule has 0 amide bonds. The molecule has 24 heavy (non-hydrogen) atoms. The summed E-state index contributed by atoms with van der Waals surface area (Å²) in [6.07, 6.45) is 5.97. The third-order valence-electron chi connectivity index (χ3n) is 6.43. The molecule has 0 aromatic heterocycles. The molecule has 1 saturated heterocycles. The third-order valence-corrected chi connectivity index (χ3v) is 6.43. The minimum Gasteiger partial charge on any atom is -0.493 e. The molecule has 2 aliphatic carbocycles. The Bertz CT molecular complexity index is 569. The summed E-state index contributed by atoms with van der Waals surface area (Å²) >= 11 is 0. The fraction of sp³-hybridized carbons (Fsp3) is 0.700. The lowest BCUT2D eigenvalue weighted by Gasteiger charge is -2.41. The van der Waals surface area contributed by atoms with Gasteiger partial charge in [-0.3, -0.25) is 9.80 Å². The van der Waals surface area contributed by atoms with Gasteiger partial charge in [0.15, 0.2) is 11.5 Å². The van der Waals surface area contributed by atoms with Crippen molar-refractivity contribution in [3.8, 4) is 11.5 Å². The Balaban J connectivity index is 1.32. The standard InChI is InChI=1S/C20H30N2O2/c1-23-19-6-4-16(13-20(19)24-2)14-21-7-9-22(10-8-21)18-12-15-3-5-17(18)11-15/h4,6,13,15,17-18H,3,5,7-12,14H2,1-2H3/t15-,17-,18-/m0/s1. The van der Waals surface area contributed by atoms with Crippen LogP contribution >= 0.6 is 0 Å². The lowest BCUT2D eigenvalue weighted by atomic mass is 9.93. The molecule has 4 nitrogen and oxygen atoms in total. The zero-order valence-electron chi connectivity index (χ0n) is 15.0. The molecule has 3 atom stereocenters. The zero-order chi connectivity index (χ0) is 16.5. The zero-order valence-corrected chi connectivity index (χ0v) is 15.0. The third kappa shape index (κ3) is 3.14. The number of hydrogen-bond donors (Lipinski definition) is 0. The number of ether oxygens (including phenoxy) is 2. The van der Waals surface area contributed by atoms with Crippen molar-refractivity contribution >= 4 is 0 Å². The van der Waals surface area contributed by atoms with E-state index in [1.807, 2.05) is 6.07 Å². The monoisotopic (exact) mass is 330 g/mol. The number of hydrogen-bond acceptors (Lipinski definition) is 4. The molecule has 3 aliphatic rings. The molecule has 0 spiro atoms. The van der Waals surface area contributed by atoms with Crippen molar-refractivity contribution < 1.29 is 9.47 Å². The molecule has 2 saturated carbocycles. The van der Waals surface area contributed by atoms with Crippen LogP contribution in [0, 0.1) is 11.8 Å². The van der Waals surface area contributed by atoms with Crippen LogP contribution in [0.2, 0.25) is 0 Å². The first-order chi connectivity index (χ1) is 11.8. The van der Waals surface area contributed by atoms with Gasteiger partial charge in [-0.2, -0.15) is 0 Å². The van der Waals surface area contributed by atoms with Crippen LogP contribution in [0.1, 0.15) is 31.2 Å². The molecular formula is C20H30N2O2. The second kappa shape index (κ2) is 6.93. The maximum atomic E-state index is 5.43. The Morgan fingerprint density at radius 1 is 0.958 bits per heavy atom. The second-order valence-corrected chi connectivity index (χ2v) is 7.74. The van der Waals surface area contributed by atoms with E-state index in [9.17, 15) is 0 Å². The van der Waals surface area contributed by atoms with E-state index in [0.29, 0.717) is 0 Å². The molecule has 1 aliphatic heterocycles. The molecule has 3 fully saturated rings. The summed E-state index contributed by atoms with van der Waals surface area (Å²) in [5.74, 6) is 3.69. The predicted octanol–water partition coefficient (Wildman–Crippen LogP) is 3.01. The summed E-state index contributed by atoms with van der Waals surface area (Å²) < 4.78 is 10.8. The average molecular weight is 330 g/mol. The largest absolute Gasteiger partial charge is 0.493 e. The van der Waals surface area contributed by atoms with Gasteiger partial charge in [-0.1, -0.05) is 12.5 Å². The van der Waals surface area contributed by atoms with E-state index in [2.05, 4.69) is 21.9 Å². The Kier molecular flexibility index (Phi) is 4.68. The maximum absolute atomic E-state index is 5.43. The minimum absolute atomic E-state index is 0.808. The molecule has 4 heteroatoms. The summed E-state index contributed by atoms with van der Waals surface area (Å²) in [4.78, 5) is 5.36. The van der Waals surface area contributed by atoms with Crippen molar-refractivity contribution in [1.82, 2.24) is 9.80 Å². The van der Waals surface area contributed by atoms with Gasteiger partial charge in [-0.15, -0.1) is 0 Å². The summed E-state index contributed by atoms with van der Waals surface area (Å²) in [5, 5.41) is 0. The minimum atomic E-state index is 0.808. The summed E-state index contributed by atoms with van der Waals surface area (Å²) in [6.45, 7) is 5.84. The van der Waals surface area contributed by atoms with E-state index in [-0.39, 0.29) is 0 Å². The number of rotatable bonds is 5. The molecular weight excluding hydrogens is 300 g/mol. The molecule has 1 heterocycles. The smallest absolute Gasteiger partial charge is 0.161 e. The van der Waals surface area contributed by atoms with Gasteiger partial charge in [-0.05, 0) is 48.8 Å². The molecule has 132 valence electrons. The van der Waals surface area contributed by atoms with E-state index < -0.39 is 0 Å². The van der Waals surface area contributed by atoms with Gasteiger partial charge in [0.25, 0.3) is 0 Å². The van der Waals surface area contributed by atoms with E-state index in [0.717, 1.165) is 35.9 Å². The normalized spacial score (nSPS) is 30.7. The second-order valence-electron chi connectivity index (χ2n) is 7.74. The van der Waals surface area contributed by atoms with Crippen molar-refractivity contribution in [2.24, 2.45) is 11.8 Å². The first kappa shape index (κ1) is 16.2. The molecule has 0 unspecified atom stereocenters. The van der Waals surface area contributed by atoms with E-state index in [1.165, 1.54) is 57.4 Å². The van der Waals surface area contributed by atoms with Gasteiger partial charge in [-0.25, -0.2) is 0 Å². The van der Waals surface area contributed by atoms with Crippen LogP contribution in [0.4, 0.5) is 0 Å². The number of piperazine rings is 1. The van der Waals surface area contributed by atoms with Crippen LogP contribution in [0.5, 0.6) is 11.5 Å². The number of fused-ring (bicyclic) bond motifs is 2. The van der Waals surface area contributed by atoms with Crippen molar-refractivity contribution in [3.63, 3.8) is 0 Å². The van der Waals surface area contributed by atoms with Gasteiger partial charge >= 0.3 is 0 Å². The van der Waals surface area contributed by atoms with Crippen LogP contribution in [-0.2, 0) is 6.54 Å². The maximum Gasteiger partial charge on any atom is 0.161 e. The lowest BCUT2D eigenvalue weighted by Crippen LogP contribution is -2.51. The summed E-state index contributed by atoms with van der Waals surface area (Å²) in [6, 6.07) is 7.18. The van der Waals surface area contributed by atoms with Crippen LogP contribution < -0.4 is 9.47 Å². The molecule has 2 bridgehead atoms. The average Bonchev–Trinajstić information content (AvgIpc) is 3.25. The Morgan fingerprint density at radius 2 is 1.75 bits per heavy atom. The highest BCUT2D eigenvalue weighted by Crippen LogP contribution is 2.46. The number of methoxy groups -OCH3 is 2. The van der Waals surface area contributed by atoms with Gasteiger partial charge < -0.3 is 9.47 Å². The first-order valence-corrected chi connectivity index (χ1v) is 9.44. The highest BCUT2D eigenvalue weighted by Gasteiger charge is 2.42. The lowest BCUT2D eigenvalue weighted by molar-refractivity contribution is 0.0679. The van der Waals surface area contributed by atoms with Gasteiger partial charge in [0.2, 0.25) is 0 Å². The molecule has 0 radical (unpaired) electrons. The fourth-order valence-corrected chi connectivity index (χ4v) is 5.15. The van der Waals surface area contributed by atoms with E-state index in [1.54, 1.807) is 14.2 Å². The van der Waals surface area contributed by atoms with Crippen LogP contribution in [0.3, 0.4) is 0 Å². The van der Waals surface area contributed by atoms with Gasteiger partial charge in [0.05, 0.1) is 14.2 Å². The van der Waals surface area contributed by atoms with Gasteiger partial charge in [0.1, 0.15) is 0 Å². The molecule has 4 rings (SSSR count). The topological polar surface area (TPSA) is 24.9 Å². The highest BCUT2D eigenvalue weighted by molar-refractivity contribution is 5.42. The molecule has 1 aromatic carbocycles. The van der Waals surface area contributed by atoms with Crippen molar-refractivity contribution in [1.29, 1.82) is 0 Å². The van der Waals surface area contributed by atoms with Crippen LogP contribution in [0.15, 0.2) is 18.2 Å². The molecule has 0 N–H and O–H groups in total. The Hall–Kier alpha value is -1.26. The van der Waals surface area contributed by atoms with Gasteiger partial charge in [0, 0.05) is 38.8 Å². The van der Waals surface area contributed by atoms with E-state index in [4.69, 9.17) is 9.47 Å². The number of nitrogens with zero attached hydrogens (tertiary/aromatic N) is 2. The fourth-order valence-electron chi connectivity index (χ4n) is 5.15.